The molecule has 0 heterocycles. The fourth-order valence-corrected chi connectivity index (χ4v) is 4.68. The maximum absolute atomic E-state index is 14.9. The summed E-state index contributed by atoms with van der Waals surface area (Å²) in [5, 5.41) is 0. The second kappa shape index (κ2) is 12.0. The van der Waals surface area contributed by atoms with Crippen LogP contribution < -0.4 is 0 Å². The van der Waals surface area contributed by atoms with Crippen LogP contribution in [0.3, 0.4) is 0 Å². The lowest BCUT2D eigenvalue weighted by atomic mass is 9.77. The van der Waals surface area contributed by atoms with Crippen molar-refractivity contribution in [2.75, 3.05) is 6.61 Å². The zero-order valence-corrected chi connectivity index (χ0v) is 19.2. The Labute approximate surface area is 187 Å². The molecule has 2 nitrogen and oxygen atoms in total. The minimum absolute atomic E-state index is 0.180. The van der Waals surface area contributed by atoms with Crippen LogP contribution >= 0.6 is 0 Å². The number of carbonyl (C=O) groups excluding carboxylic acids is 1. The van der Waals surface area contributed by atoms with Gasteiger partial charge in [-0.1, -0.05) is 70.2 Å². The molecule has 3 rings (SSSR count). The number of esters is 1. The van der Waals surface area contributed by atoms with Crippen molar-refractivity contribution in [1.82, 2.24) is 0 Å². The predicted molar refractivity (Wildman–Crippen MR) is 126 cm³/mol. The number of carbonyl (C=O) groups is 1. The first-order valence-electron chi connectivity index (χ1n) is 12.2. The van der Waals surface area contributed by atoms with E-state index in [1.807, 2.05) is 6.07 Å². The molecular formula is C28H37FO2. The van der Waals surface area contributed by atoms with E-state index in [9.17, 15) is 9.18 Å². The molecule has 168 valence electrons. The third-order valence-electron chi connectivity index (χ3n) is 6.69. The molecule has 3 heteroatoms. The first-order chi connectivity index (χ1) is 15.1. The average Bonchev–Trinajstić information content (AvgIpc) is 2.81. The molecular weight excluding hydrogens is 387 g/mol. The van der Waals surface area contributed by atoms with Gasteiger partial charge in [0.2, 0.25) is 0 Å². The minimum Gasteiger partial charge on any atom is -0.462 e. The Morgan fingerprint density at radius 3 is 2.29 bits per heavy atom. The van der Waals surface area contributed by atoms with Crippen molar-refractivity contribution in [3.8, 4) is 11.1 Å². The first-order valence-corrected chi connectivity index (χ1v) is 12.2. The molecule has 1 aliphatic rings. The van der Waals surface area contributed by atoms with Gasteiger partial charge in [0.1, 0.15) is 5.82 Å². The Morgan fingerprint density at radius 2 is 1.65 bits per heavy atom. The highest BCUT2D eigenvalue weighted by Crippen LogP contribution is 2.38. The van der Waals surface area contributed by atoms with Crippen LogP contribution in [0.2, 0.25) is 0 Å². The zero-order chi connectivity index (χ0) is 22.1. The molecule has 0 unspecified atom stereocenters. The van der Waals surface area contributed by atoms with Crippen LogP contribution in [0.25, 0.3) is 11.1 Å². The standard InChI is InChI=1S/C28H37FO2/c1-3-5-7-19-31-28(30)24-15-13-23(14-16-24)26-18-17-25(20-27(26)29)22-11-9-21(10-12-22)8-6-4-2/h13-18,20-22H,3-12,19H2,1-2H3. The maximum Gasteiger partial charge on any atom is 0.338 e. The number of unbranched alkanes of at least 4 members (excludes halogenated alkanes) is 3. The van der Waals surface area contributed by atoms with Crippen molar-refractivity contribution in [1.29, 1.82) is 0 Å². The van der Waals surface area contributed by atoms with E-state index >= 15 is 0 Å². The second-order valence-corrected chi connectivity index (χ2v) is 9.02. The zero-order valence-electron chi connectivity index (χ0n) is 19.2. The average molecular weight is 425 g/mol. The molecule has 0 bridgehead atoms. The molecule has 1 aliphatic carbocycles. The van der Waals surface area contributed by atoms with Crippen LogP contribution in [0.4, 0.5) is 4.39 Å². The summed E-state index contributed by atoms with van der Waals surface area (Å²) >= 11 is 0. The summed E-state index contributed by atoms with van der Waals surface area (Å²) in [6.45, 7) is 4.82. The van der Waals surface area contributed by atoms with Gasteiger partial charge in [-0.2, -0.15) is 0 Å². The van der Waals surface area contributed by atoms with Crippen molar-refractivity contribution < 1.29 is 13.9 Å². The van der Waals surface area contributed by atoms with E-state index in [1.54, 1.807) is 30.3 Å². The SMILES string of the molecule is CCCCCOC(=O)c1ccc(-c2ccc(C3CCC(CCCC)CC3)cc2F)cc1. The summed E-state index contributed by atoms with van der Waals surface area (Å²) in [5.41, 5.74) is 3.01. The summed E-state index contributed by atoms with van der Waals surface area (Å²) in [6.07, 6.45) is 11.9. The van der Waals surface area contributed by atoms with Gasteiger partial charge in [-0.25, -0.2) is 9.18 Å². The first kappa shape index (κ1) is 23.5. The van der Waals surface area contributed by atoms with Crippen LogP contribution in [0.5, 0.6) is 0 Å². The van der Waals surface area contributed by atoms with Crippen LogP contribution in [0.1, 0.15) is 99.9 Å². The third kappa shape index (κ3) is 6.66. The summed E-state index contributed by atoms with van der Waals surface area (Å²) in [6, 6.07) is 12.8. The monoisotopic (exact) mass is 424 g/mol. The van der Waals surface area contributed by atoms with Crippen LogP contribution in [-0.4, -0.2) is 12.6 Å². The van der Waals surface area contributed by atoms with Crippen LogP contribution in [0, 0.1) is 11.7 Å². The molecule has 2 aromatic carbocycles. The Morgan fingerprint density at radius 1 is 0.935 bits per heavy atom. The topological polar surface area (TPSA) is 26.3 Å². The van der Waals surface area contributed by atoms with Crippen molar-refractivity contribution >= 4 is 5.97 Å². The van der Waals surface area contributed by atoms with Crippen LogP contribution in [-0.2, 0) is 4.74 Å². The van der Waals surface area contributed by atoms with E-state index in [4.69, 9.17) is 4.74 Å². The van der Waals surface area contributed by atoms with Crippen molar-refractivity contribution in [3.63, 3.8) is 0 Å². The van der Waals surface area contributed by atoms with E-state index in [0.29, 0.717) is 23.7 Å². The van der Waals surface area contributed by atoms with E-state index in [0.717, 1.165) is 36.3 Å². The smallest absolute Gasteiger partial charge is 0.338 e. The van der Waals surface area contributed by atoms with Gasteiger partial charge in [0.05, 0.1) is 12.2 Å². The van der Waals surface area contributed by atoms with Gasteiger partial charge in [0.25, 0.3) is 0 Å². The molecule has 0 saturated heterocycles. The fourth-order valence-electron chi connectivity index (χ4n) is 4.68. The largest absolute Gasteiger partial charge is 0.462 e. The Bertz CT molecular complexity index is 819. The fraction of sp³-hybridized carbons (Fsp3) is 0.536. The normalized spacial score (nSPS) is 18.7. The lowest BCUT2D eigenvalue weighted by Crippen LogP contribution is -2.13. The molecule has 31 heavy (non-hydrogen) atoms. The minimum atomic E-state index is -0.312. The molecule has 1 fully saturated rings. The summed E-state index contributed by atoms with van der Waals surface area (Å²) in [5.74, 6) is 0.844. The van der Waals surface area contributed by atoms with Gasteiger partial charge < -0.3 is 4.74 Å². The molecule has 0 radical (unpaired) electrons. The summed E-state index contributed by atoms with van der Waals surface area (Å²) in [7, 11) is 0. The maximum atomic E-state index is 14.9. The van der Waals surface area contributed by atoms with Gasteiger partial charge in [-0.05, 0) is 73.3 Å². The van der Waals surface area contributed by atoms with Gasteiger partial charge in [-0.3, -0.25) is 0 Å². The van der Waals surface area contributed by atoms with Gasteiger partial charge in [0, 0.05) is 5.56 Å². The highest BCUT2D eigenvalue weighted by atomic mass is 19.1. The number of rotatable bonds is 10. The lowest BCUT2D eigenvalue weighted by molar-refractivity contribution is 0.0498. The van der Waals surface area contributed by atoms with E-state index in [1.165, 1.54) is 44.9 Å². The number of hydrogen-bond acceptors (Lipinski definition) is 2. The van der Waals surface area contributed by atoms with Crippen LogP contribution in [0.15, 0.2) is 42.5 Å². The molecule has 0 N–H and O–H groups in total. The van der Waals surface area contributed by atoms with E-state index in [-0.39, 0.29) is 11.8 Å². The van der Waals surface area contributed by atoms with Crippen molar-refractivity contribution in [2.45, 2.75) is 84.0 Å². The Balaban J connectivity index is 1.59. The van der Waals surface area contributed by atoms with Crippen molar-refractivity contribution in [2.24, 2.45) is 5.92 Å². The summed E-state index contributed by atoms with van der Waals surface area (Å²) < 4.78 is 20.2. The molecule has 0 aliphatic heterocycles. The molecule has 0 spiro atoms. The predicted octanol–water partition coefficient (Wildman–Crippen LogP) is 8.30. The van der Waals surface area contributed by atoms with E-state index in [2.05, 4.69) is 19.9 Å². The molecule has 0 amide bonds. The van der Waals surface area contributed by atoms with Crippen molar-refractivity contribution in [3.05, 3.63) is 59.4 Å². The second-order valence-electron chi connectivity index (χ2n) is 9.02. The number of hydrogen-bond donors (Lipinski definition) is 0. The Kier molecular flexibility index (Phi) is 9.12. The Hall–Kier alpha value is -2.16. The van der Waals surface area contributed by atoms with Gasteiger partial charge >= 0.3 is 5.97 Å². The summed E-state index contributed by atoms with van der Waals surface area (Å²) in [4.78, 5) is 12.1. The van der Waals surface area contributed by atoms with E-state index < -0.39 is 0 Å². The highest BCUT2D eigenvalue weighted by molar-refractivity contribution is 5.90. The van der Waals surface area contributed by atoms with Gasteiger partial charge in [0.15, 0.2) is 0 Å². The molecule has 0 aromatic heterocycles. The number of ether oxygens (including phenoxy) is 1. The lowest BCUT2D eigenvalue weighted by Gasteiger charge is -2.29. The highest BCUT2D eigenvalue weighted by Gasteiger charge is 2.23. The quantitative estimate of drug-likeness (QED) is 0.283. The molecule has 2 aromatic rings. The third-order valence-corrected chi connectivity index (χ3v) is 6.69. The van der Waals surface area contributed by atoms with Gasteiger partial charge in [-0.15, -0.1) is 0 Å². The number of halogens is 1. The molecule has 1 saturated carbocycles. The number of benzene rings is 2. The molecule has 0 atom stereocenters.